The van der Waals surface area contributed by atoms with Gasteiger partial charge in [0.05, 0.1) is 17.6 Å². The molecule has 0 atom stereocenters. The molecule has 3 aromatic heterocycles. The van der Waals surface area contributed by atoms with Gasteiger partial charge in [-0.05, 0) is 18.2 Å². The van der Waals surface area contributed by atoms with Crippen LogP contribution in [0, 0.1) is 17.6 Å². The van der Waals surface area contributed by atoms with Gasteiger partial charge in [-0.2, -0.15) is 4.39 Å². The molecule has 0 amide bonds. The molecular weight excluding hydrogens is 279 g/mol. The van der Waals surface area contributed by atoms with E-state index in [1.54, 1.807) is 0 Å². The number of hydrogen-bond acceptors (Lipinski definition) is 3. The van der Waals surface area contributed by atoms with E-state index in [0.717, 1.165) is 12.3 Å². The standard InChI is InChI=1S/C15H8F3N3/c16-9-3-4-19-14(5-9)11-6-15(18)21-8-12(11)13-2-1-10(17)7-20-13/h1-8H. The molecule has 0 saturated carbocycles. The molecule has 3 heterocycles. The van der Waals surface area contributed by atoms with E-state index in [1.807, 2.05) is 0 Å². The number of hydrogen-bond donors (Lipinski definition) is 0. The summed E-state index contributed by atoms with van der Waals surface area (Å²) in [5.41, 5.74) is 1.41. The smallest absolute Gasteiger partial charge is 0.213 e. The fourth-order valence-corrected chi connectivity index (χ4v) is 1.93. The Morgan fingerprint density at radius 2 is 1.52 bits per heavy atom. The largest absolute Gasteiger partial charge is 0.256 e. The first-order chi connectivity index (χ1) is 10.1. The molecular formula is C15H8F3N3. The molecule has 0 spiro atoms. The number of pyridine rings is 3. The highest BCUT2D eigenvalue weighted by Crippen LogP contribution is 2.29. The van der Waals surface area contributed by atoms with Gasteiger partial charge in [-0.1, -0.05) is 0 Å². The highest BCUT2D eigenvalue weighted by molar-refractivity contribution is 5.79. The van der Waals surface area contributed by atoms with E-state index in [0.29, 0.717) is 16.8 Å². The van der Waals surface area contributed by atoms with E-state index >= 15 is 0 Å². The van der Waals surface area contributed by atoms with Crippen LogP contribution in [0.3, 0.4) is 0 Å². The van der Waals surface area contributed by atoms with Crippen molar-refractivity contribution in [1.29, 1.82) is 0 Å². The maximum atomic E-state index is 13.4. The Kier molecular flexibility index (Phi) is 3.35. The van der Waals surface area contributed by atoms with E-state index in [9.17, 15) is 13.2 Å². The quantitative estimate of drug-likeness (QED) is 0.676. The van der Waals surface area contributed by atoms with Crippen molar-refractivity contribution < 1.29 is 13.2 Å². The predicted octanol–water partition coefficient (Wildman–Crippen LogP) is 3.62. The van der Waals surface area contributed by atoms with E-state index in [2.05, 4.69) is 15.0 Å². The third-order valence-corrected chi connectivity index (χ3v) is 2.87. The summed E-state index contributed by atoms with van der Waals surface area (Å²) >= 11 is 0. The molecule has 3 aromatic rings. The second-order valence-corrected chi connectivity index (χ2v) is 4.27. The second kappa shape index (κ2) is 5.32. The lowest BCUT2D eigenvalue weighted by Crippen LogP contribution is -1.94. The van der Waals surface area contributed by atoms with Crippen molar-refractivity contribution in [2.75, 3.05) is 0 Å². The zero-order chi connectivity index (χ0) is 14.8. The van der Waals surface area contributed by atoms with Crippen molar-refractivity contribution in [3.8, 4) is 22.5 Å². The Labute approximate surface area is 118 Å². The number of aromatic nitrogens is 3. The molecule has 0 N–H and O–H groups in total. The van der Waals surface area contributed by atoms with E-state index in [-0.39, 0.29) is 5.69 Å². The van der Waals surface area contributed by atoms with Gasteiger partial charge in [0.25, 0.3) is 0 Å². The van der Waals surface area contributed by atoms with Gasteiger partial charge in [-0.15, -0.1) is 0 Å². The van der Waals surface area contributed by atoms with Crippen molar-refractivity contribution in [3.05, 3.63) is 66.5 Å². The Morgan fingerprint density at radius 3 is 2.24 bits per heavy atom. The van der Waals surface area contributed by atoms with Crippen LogP contribution < -0.4 is 0 Å². The number of nitrogens with zero attached hydrogens (tertiary/aromatic N) is 3. The molecule has 0 aromatic carbocycles. The third-order valence-electron chi connectivity index (χ3n) is 2.87. The summed E-state index contributed by atoms with van der Waals surface area (Å²) in [5, 5.41) is 0. The minimum Gasteiger partial charge on any atom is -0.256 e. The van der Waals surface area contributed by atoms with Gasteiger partial charge in [0.2, 0.25) is 5.95 Å². The van der Waals surface area contributed by atoms with Crippen LogP contribution in [0.1, 0.15) is 0 Å². The third kappa shape index (κ3) is 2.74. The highest BCUT2D eigenvalue weighted by atomic mass is 19.1. The summed E-state index contributed by atoms with van der Waals surface area (Å²) in [6.07, 6.45) is 3.59. The lowest BCUT2D eigenvalue weighted by molar-refractivity contribution is 0.584. The molecule has 0 aliphatic rings. The van der Waals surface area contributed by atoms with Gasteiger partial charge in [-0.3, -0.25) is 9.97 Å². The normalized spacial score (nSPS) is 10.6. The maximum Gasteiger partial charge on any atom is 0.213 e. The molecule has 0 unspecified atom stereocenters. The summed E-state index contributed by atoms with van der Waals surface area (Å²) in [7, 11) is 0. The SMILES string of the molecule is Fc1ccc(-c2cnc(F)cc2-c2cc(F)ccn2)nc1. The first kappa shape index (κ1) is 13.2. The van der Waals surface area contributed by atoms with Crippen LogP contribution in [0.5, 0.6) is 0 Å². The van der Waals surface area contributed by atoms with E-state index in [1.165, 1.54) is 36.7 Å². The average Bonchev–Trinajstić information content (AvgIpc) is 2.48. The Morgan fingerprint density at radius 1 is 0.667 bits per heavy atom. The molecule has 3 rings (SSSR count). The zero-order valence-electron chi connectivity index (χ0n) is 10.6. The molecule has 0 aliphatic carbocycles. The van der Waals surface area contributed by atoms with Crippen molar-refractivity contribution in [2.45, 2.75) is 0 Å². The lowest BCUT2D eigenvalue weighted by Gasteiger charge is -2.08. The maximum absolute atomic E-state index is 13.4. The van der Waals surface area contributed by atoms with Gasteiger partial charge in [0.1, 0.15) is 11.6 Å². The van der Waals surface area contributed by atoms with Crippen LogP contribution in [-0.4, -0.2) is 15.0 Å². The molecule has 0 fully saturated rings. The van der Waals surface area contributed by atoms with Gasteiger partial charge in [0.15, 0.2) is 0 Å². The van der Waals surface area contributed by atoms with Crippen LogP contribution in [0.2, 0.25) is 0 Å². The molecule has 0 radical (unpaired) electrons. The Balaban J connectivity index is 2.20. The van der Waals surface area contributed by atoms with Crippen LogP contribution in [-0.2, 0) is 0 Å². The van der Waals surface area contributed by atoms with Gasteiger partial charge in [-0.25, -0.2) is 13.8 Å². The summed E-state index contributed by atoms with van der Waals surface area (Å²) < 4.78 is 39.7. The van der Waals surface area contributed by atoms with Crippen LogP contribution in [0.15, 0.2) is 48.9 Å². The first-order valence-electron chi connectivity index (χ1n) is 6.03. The summed E-state index contributed by atoms with van der Waals surface area (Å²) in [4.78, 5) is 11.5. The fourth-order valence-electron chi connectivity index (χ4n) is 1.93. The monoisotopic (exact) mass is 287 g/mol. The minimum atomic E-state index is -0.720. The number of rotatable bonds is 2. The van der Waals surface area contributed by atoms with E-state index < -0.39 is 17.6 Å². The second-order valence-electron chi connectivity index (χ2n) is 4.27. The van der Waals surface area contributed by atoms with Crippen LogP contribution in [0.4, 0.5) is 13.2 Å². The molecule has 104 valence electrons. The van der Waals surface area contributed by atoms with Gasteiger partial charge >= 0.3 is 0 Å². The average molecular weight is 287 g/mol. The Bertz CT molecular complexity index is 788. The molecule has 0 aliphatic heterocycles. The fraction of sp³-hybridized carbons (Fsp3) is 0. The molecule has 3 nitrogen and oxygen atoms in total. The summed E-state index contributed by atoms with van der Waals surface area (Å²) in [5.74, 6) is -1.70. The van der Waals surface area contributed by atoms with Crippen molar-refractivity contribution >= 4 is 0 Å². The summed E-state index contributed by atoms with van der Waals surface area (Å²) in [6.45, 7) is 0. The van der Waals surface area contributed by atoms with Gasteiger partial charge < -0.3 is 0 Å². The molecule has 0 bridgehead atoms. The lowest BCUT2D eigenvalue weighted by atomic mass is 10.0. The highest BCUT2D eigenvalue weighted by Gasteiger charge is 2.12. The van der Waals surface area contributed by atoms with Crippen LogP contribution in [0.25, 0.3) is 22.5 Å². The molecule has 21 heavy (non-hydrogen) atoms. The van der Waals surface area contributed by atoms with Crippen molar-refractivity contribution in [3.63, 3.8) is 0 Å². The minimum absolute atomic E-state index is 0.248. The topological polar surface area (TPSA) is 38.7 Å². The predicted molar refractivity (Wildman–Crippen MR) is 70.6 cm³/mol. The first-order valence-corrected chi connectivity index (χ1v) is 6.03. The Hall–Kier alpha value is -2.76. The zero-order valence-corrected chi connectivity index (χ0v) is 10.6. The van der Waals surface area contributed by atoms with E-state index in [4.69, 9.17) is 0 Å². The number of halogens is 3. The summed E-state index contributed by atoms with van der Waals surface area (Å²) in [6, 6.07) is 6.18. The van der Waals surface area contributed by atoms with Crippen molar-refractivity contribution in [1.82, 2.24) is 15.0 Å². The van der Waals surface area contributed by atoms with Crippen LogP contribution >= 0.6 is 0 Å². The molecule has 0 saturated heterocycles. The van der Waals surface area contributed by atoms with Crippen molar-refractivity contribution in [2.24, 2.45) is 0 Å². The molecule has 6 heteroatoms. The van der Waals surface area contributed by atoms with Gasteiger partial charge in [0, 0.05) is 35.7 Å².